The summed E-state index contributed by atoms with van der Waals surface area (Å²) in [5, 5.41) is 11.9. The molecular weight excluding hydrogens is 231 g/mol. The average Bonchev–Trinajstić information content (AvgIpc) is 2.29. The number of aliphatic hydroxyl groups is 1. The summed E-state index contributed by atoms with van der Waals surface area (Å²) in [7, 11) is 0. The Kier molecular flexibility index (Phi) is 5.44. The van der Waals surface area contributed by atoms with Crippen molar-refractivity contribution in [3.63, 3.8) is 0 Å². The molecule has 0 heterocycles. The third-order valence-corrected chi connectivity index (χ3v) is 2.47. The van der Waals surface area contributed by atoms with Crippen molar-refractivity contribution in [2.45, 2.75) is 25.8 Å². The van der Waals surface area contributed by atoms with E-state index >= 15 is 0 Å². The van der Waals surface area contributed by atoms with E-state index in [0.29, 0.717) is 12.6 Å². The van der Waals surface area contributed by atoms with Crippen LogP contribution in [0, 0.1) is 17.5 Å². The van der Waals surface area contributed by atoms with Crippen LogP contribution in [-0.2, 0) is 0 Å². The maximum absolute atomic E-state index is 13.5. The van der Waals surface area contributed by atoms with Crippen LogP contribution in [-0.4, -0.2) is 18.3 Å². The zero-order valence-corrected chi connectivity index (χ0v) is 9.64. The molecule has 1 unspecified atom stereocenters. The lowest BCUT2D eigenvalue weighted by molar-refractivity contribution is 0.263. The molecule has 1 rings (SSSR count). The molecule has 0 aromatic heterocycles. The van der Waals surface area contributed by atoms with E-state index in [1.165, 1.54) is 0 Å². The Bertz CT molecular complexity index is 371. The van der Waals surface area contributed by atoms with Crippen LogP contribution in [0.1, 0.15) is 31.4 Å². The minimum absolute atomic E-state index is 0.0476. The van der Waals surface area contributed by atoms with Gasteiger partial charge in [0.05, 0.1) is 0 Å². The average molecular weight is 247 g/mol. The summed E-state index contributed by atoms with van der Waals surface area (Å²) in [6.45, 7) is 2.40. The number of aliphatic hydroxyl groups excluding tert-OH is 1. The zero-order valence-electron chi connectivity index (χ0n) is 9.64. The highest BCUT2D eigenvalue weighted by molar-refractivity contribution is 5.23. The van der Waals surface area contributed by atoms with Gasteiger partial charge in [0.2, 0.25) is 0 Å². The molecule has 2 nitrogen and oxygen atoms in total. The maximum atomic E-state index is 13.5. The van der Waals surface area contributed by atoms with Gasteiger partial charge in [0.15, 0.2) is 11.6 Å². The Labute approximate surface area is 98.5 Å². The molecular formula is C12H16F3NO. The van der Waals surface area contributed by atoms with E-state index in [1.54, 1.807) is 0 Å². The molecule has 0 radical (unpaired) electrons. The van der Waals surface area contributed by atoms with Crippen LogP contribution >= 0.6 is 0 Å². The molecule has 17 heavy (non-hydrogen) atoms. The fourth-order valence-corrected chi connectivity index (χ4v) is 1.62. The monoisotopic (exact) mass is 247 g/mol. The minimum atomic E-state index is -1.20. The lowest BCUT2D eigenvalue weighted by atomic mass is 10.0. The smallest absolute Gasteiger partial charge is 0.161 e. The van der Waals surface area contributed by atoms with Crippen molar-refractivity contribution in [3.05, 3.63) is 35.1 Å². The quantitative estimate of drug-likeness (QED) is 0.757. The van der Waals surface area contributed by atoms with Crippen LogP contribution in [0.2, 0.25) is 0 Å². The highest BCUT2D eigenvalue weighted by Gasteiger charge is 2.17. The van der Waals surface area contributed by atoms with Crippen molar-refractivity contribution in [1.82, 2.24) is 5.32 Å². The second-order valence-corrected chi connectivity index (χ2v) is 3.81. The summed E-state index contributed by atoms with van der Waals surface area (Å²) in [6, 6.07) is 0.867. The number of hydrogen-bond donors (Lipinski definition) is 2. The van der Waals surface area contributed by atoms with Gasteiger partial charge in [-0.15, -0.1) is 0 Å². The Hall–Kier alpha value is -1.07. The Morgan fingerprint density at radius 3 is 2.41 bits per heavy atom. The van der Waals surface area contributed by atoms with Gasteiger partial charge in [-0.3, -0.25) is 0 Å². The summed E-state index contributed by atoms with van der Waals surface area (Å²) >= 11 is 0. The molecule has 5 heteroatoms. The number of benzene rings is 1. The maximum Gasteiger partial charge on any atom is 0.161 e. The van der Waals surface area contributed by atoms with Gasteiger partial charge in [0.1, 0.15) is 5.82 Å². The first-order valence-corrected chi connectivity index (χ1v) is 5.58. The third kappa shape index (κ3) is 3.71. The molecule has 0 aliphatic heterocycles. The lowest BCUT2D eigenvalue weighted by Crippen LogP contribution is -2.24. The molecule has 0 bridgehead atoms. The van der Waals surface area contributed by atoms with Crippen LogP contribution < -0.4 is 5.32 Å². The van der Waals surface area contributed by atoms with E-state index in [1.807, 2.05) is 6.92 Å². The molecule has 1 aromatic rings. The van der Waals surface area contributed by atoms with Crippen molar-refractivity contribution in [2.24, 2.45) is 0 Å². The SMILES string of the molecule is CCCNC(CCO)c1cc(F)c(F)cc1F. The molecule has 0 saturated heterocycles. The van der Waals surface area contributed by atoms with E-state index < -0.39 is 23.5 Å². The van der Waals surface area contributed by atoms with E-state index in [9.17, 15) is 13.2 Å². The first kappa shape index (κ1) is 14.0. The van der Waals surface area contributed by atoms with Gasteiger partial charge in [-0.1, -0.05) is 6.92 Å². The fraction of sp³-hybridized carbons (Fsp3) is 0.500. The molecule has 0 fully saturated rings. The molecule has 2 N–H and O–H groups in total. The van der Waals surface area contributed by atoms with Gasteiger partial charge >= 0.3 is 0 Å². The second-order valence-electron chi connectivity index (χ2n) is 3.81. The molecule has 1 aromatic carbocycles. The highest BCUT2D eigenvalue weighted by atomic mass is 19.2. The van der Waals surface area contributed by atoms with E-state index in [0.717, 1.165) is 12.5 Å². The van der Waals surface area contributed by atoms with Gasteiger partial charge in [-0.2, -0.15) is 0 Å². The van der Waals surface area contributed by atoms with Crippen LogP contribution in [0.4, 0.5) is 13.2 Å². The molecule has 1 atom stereocenters. The number of rotatable bonds is 6. The zero-order chi connectivity index (χ0) is 12.8. The van der Waals surface area contributed by atoms with Crippen molar-refractivity contribution in [1.29, 1.82) is 0 Å². The van der Waals surface area contributed by atoms with Crippen molar-refractivity contribution in [3.8, 4) is 0 Å². The first-order valence-electron chi connectivity index (χ1n) is 5.58. The molecule has 0 saturated carbocycles. The van der Waals surface area contributed by atoms with Crippen LogP contribution in [0.5, 0.6) is 0 Å². The number of nitrogens with one attached hydrogen (secondary N) is 1. The topological polar surface area (TPSA) is 32.3 Å². The highest BCUT2D eigenvalue weighted by Crippen LogP contribution is 2.22. The predicted molar refractivity (Wildman–Crippen MR) is 59.1 cm³/mol. The lowest BCUT2D eigenvalue weighted by Gasteiger charge is -2.18. The van der Waals surface area contributed by atoms with Gasteiger partial charge < -0.3 is 10.4 Å². The molecule has 0 spiro atoms. The molecule has 0 aliphatic carbocycles. The molecule has 0 aliphatic rings. The van der Waals surface area contributed by atoms with Crippen molar-refractivity contribution in [2.75, 3.05) is 13.2 Å². The normalized spacial score (nSPS) is 12.8. The molecule has 96 valence electrons. The summed E-state index contributed by atoms with van der Waals surface area (Å²) in [6.07, 6.45) is 1.08. The standard InChI is InChI=1S/C12H16F3NO/c1-2-4-16-12(3-5-17)8-6-10(14)11(15)7-9(8)13/h6-7,12,16-17H,2-5H2,1H3. The van der Waals surface area contributed by atoms with Crippen LogP contribution in [0.15, 0.2) is 12.1 Å². The Morgan fingerprint density at radius 2 is 1.82 bits per heavy atom. The summed E-state index contributed by atoms with van der Waals surface area (Å²) in [4.78, 5) is 0. The van der Waals surface area contributed by atoms with Gasteiger partial charge in [-0.25, -0.2) is 13.2 Å². The van der Waals surface area contributed by atoms with Crippen molar-refractivity contribution >= 4 is 0 Å². The van der Waals surface area contributed by atoms with Gasteiger partial charge in [-0.05, 0) is 25.5 Å². The van der Waals surface area contributed by atoms with Crippen LogP contribution in [0.25, 0.3) is 0 Å². The largest absolute Gasteiger partial charge is 0.396 e. The third-order valence-electron chi connectivity index (χ3n) is 2.47. The van der Waals surface area contributed by atoms with E-state index in [4.69, 9.17) is 5.11 Å². The van der Waals surface area contributed by atoms with Gasteiger partial charge in [0, 0.05) is 24.3 Å². The van der Waals surface area contributed by atoms with Crippen molar-refractivity contribution < 1.29 is 18.3 Å². The number of hydrogen-bond acceptors (Lipinski definition) is 2. The summed E-state index contributed by atoms with van der Waals surface area (Å²) in [5.74, 6) is -3.09. The van der Waals surface area contributed by atoms with Crippen LogP contribution in [0.3, 0.4) is 0 Å². The fourth-order valence-electron chi connectivity index (χ4n) is 1.62. The Morgan fingerprint density at radius 1 is 1.18 bits per heavy atom. The summed E-state index contributed by atoms with van der Waals surface area (Å²) < 4.78 is 39.3. The van der Waals surface area contributed by atoms with E-state index in [2.05, 4.69) is 5.32 Å². The first-order chi connectivity index (χ1) is 8.10. The predicted octanol–water partition coefficient (Wildman–Crippen LogP) is 2.53. The molecule has 0 amide bonds. The van der Waals surface area contributed by atoms with Gasteiger partial charge in [0.25, 0.3) is 0 Å². The minimum Gasteiger partial charge on any atom is -0.396 e. The number of halogens is 3. The Balaban J connectivity index is 2.96. The summed E-state index contributed by atoms with van der Waals surface area (Å²) in [5.41, 5.74) is 0.0476. The second kappa shape index (κ2) is 6.61. The van der Waals surface area contributed by atoms with E-state index in [-0.39, 0.29) is 18.6 Å².